The number of nitrogens with two attached hydrogens (primary N) is 2. The van der Waals surface area contributed by atoms with Gasteiger partial charge in [0.2, 0.25) is 0 Å². The van der Waals surface area contributed by atoms with Crippen molar-refractivity contribution >= 4 is 27.3 Å². The molecule has 0 aliphatic carbocycles. The van der Waals surface area contributed by atoms with Gasteiger partial charge in [-0.15, -0.1) is 11.3 Å². The summed E-state index contributed by atoms with van der Waals surface area (Å²) >= 11 is 5.12. The molecule has 1 heterocycles. The molecule has 0 amide bonds. The van der Waals surface area contributed by atoms with E-state index < -0.39 is 0 Å². The van der Waals surface area contributed by atoms with Crippen LogP contribution in [0.1, 0.15) is 24.3 Å². The minimum Gasteiger partial charge on any atom is -0.330 e. The molecule has 1 aromatic rings. The van der Waals surface area contributed by atoms with Crippen LogP contribution in [-0.2, 0) is 0 Å². The second-order valence-electron chi connectivity index (χ2n) is 3.25. The summed E-state index contributed by atoms with van der Waals surface area (Å²) in [7, 11) is 0. The van der Waals surface area contributed by atoms with E-state index in [0.717, 1.165) is 10.9 Å². The first-order valence-corrected chi connectivity index (χ1v) is 6.02. The van der Waals surface area contributed by atoms with Crippen LogP contribution in [0.3, 0.4) is 0 Å². The van der Waals surface area contributed by atoms with Crippen molar-refractivity contribution in [1.29, 1.82) is 0 Å². The highest BCUT2D eigenvalue weighted by Gasteiger charge is 2.15. The van der Waals surface area contributed by atoms with Gasteiger partial charge in [0.05, 0.1) is 0 Å². The molecule has 2 unspecified atom stereocenters. The summed E-state index contributed by atoms with van der Waals surface area (Å²) in [5.41, 5.74) is 11.6. The molecule has 4 N–H and O–H groups in total. The zero-order chi connectivity index (χ0) is 9.84. The van der Waals surface area contributed by atoms with E-state index in [1.165, 1.54) is 4.88 Å². The lowest BCUT2D eigenvalue weighted by Crippen LogP contribution is -2.20. The van der Waals surface area contributed by atoms with E-state index in [4.69, 9.17) is 11.5 Å². The van der Waals surface area contributed by atoms with Crippen molar-refractivity contribution in [2.24, 2.45) is 17.4 Å². The Balaban J connectivity index is 2.61. The third kappa shape index (κ3) is 3.06. The van der Waals surface area contributed by atoms with Crippen LogP contribution in [0.2, 0.25) is 0 Å². The first-order valence-electron chi connectivity index (χ1n) is 4.34. The minimum absolute atomic E-state index is 0.125. The molecule has 0 aromatic carbocycles. The molecule has 0 aliphatic rings. The van der Waals surface area contributed by atoms with Gasteiger partial charge in [-0.25, -0.2) is 0 Å². The van der Waals surface area contributed by atoms with Crippen molar-refractivity contribution in [3.63, 3.8) is 0 Å². The summed E-state index contributed by atoms with van der Waals surface area (Å²) in [6.07, 6.45) is 0.983. The first-order chi connectivity index (χ1) is 6.15. The zero-order valence-corrected chi connectivity index (χ0v) is 10.1. The smallest absolute Gasteiger partial charge is 0.0416 e. The van der Waals surface area contributed by atoms with Gasteiger partial charge in [-0.2, -0.15) is 0 Å². The molecule has 0 fully saturated rings. The molecule has 74 valence electrons. The summed E-state index contributed by atoms with van der Waals surface area (Å²) in [5.74, 6) is 0.454. The normalized spacial score (nSPS) is 15.7. The molecule has 13 heavy (non-hydrogen) atoms. The van der Waals surface area contributed by atoms with Crippen LogP contribution in [0.25, 0.3) is 0 Å². The van der Waals surface area contributed by atoms with Crippen molar-refractivity contribution in [3.05, 3.63) is 20.8 Å². The molecular formula is C9H15BrN2S. The third-order valence-corrected chi connectivity index (χ3v) is 3.95. The molecule has 2 atom stereocenters. The zero-order valence-electron chi connectivity index (χ0n) is 7.66. The summed E-state index contributed by atoms with van der Waals surface area (Å²) in [6, 6.07) is 2.21. The van der Waals surface area contributed by atoms with Gasteiger partial charge in [-0.05, 0) is 40.9 Å². The molecular weight excluding hydrogens is 248 g/mol. The molecule has 0 spiro atoms. The van der Waals surface area contributed by atoms with Crippen LogP contribution in [0.4, 0.5) is 0 Å². The maximum atomic E-state index is 6.07. The minimum atomic E-state index is 0.125. The Morgan fingerprint density at radius 3 is 2.77 bits per heavy atom. The van der Waals surface area contributed by atoms with Crippen molar-refractivity contribution in [1.82, 2.24) is 0 Å². The van der Waals surface area contributed by atoms with Gasteiger partial charge in [-0.1, -0.05) is 6.92 Å². The van der Waals surface area contributed by atoms with E-state index in [1.807, 2.05) is 0 Å². The molecule has 1 rings (SSSR count). The Morgan fingerprint density at radius 2 is 2.31 bits per heavy atom. The SMILES string of the molecule is CC(CCN)C(N)c1cc(Br)cs1. The predicted molar refractivity (Wildman–Crippen MR) is 61.8 cm³/mol. The van der Waals surface area contributed by atoms with E-state index in [0.29, 0.717) is 12.5 Å². The Hall–Kier alpha value is 0.1000. The lowest BCUT2D eigenvalue weighted by molar-refractivity contribution is 0.449. The fraction of sp³-hybridized carbons (Fsp3) is 0.556. The van der Waals surface area contributed by atoms with Crippen LogP contribution in [-0.4, -0.2) is 6.54 Å². The van der Waals surface area contributed by atoms with E-state index >= 15 is 0 Å². The number of hydrogen-bond acceptors (Lipinski definition) is 3. The summed E-state index contributed by atoms with van der Waals surface area (Å²) in [4.78, 5) is 1.23. The van der Waals surface area contributed by atoms with E-state index in [1.54, 1.807) is 11.3 Å². The Labute approximate surface area is 91.4 Å². The highest BCUT2D eigenvalue weighted by atomic mass is 79.9. The van der Waals surface area contributed by atoms with Gasteiger partial charge in [0, 0.05) is 20.8 Å². The van der Waals surface area contributed by atoms with Crippen LogP contribution in [0.15, 0.2) is 15.9 Å². The van der Waals surface area contributed by atoms with Crippen molar-refractivity contribution < 1.29 is 0 Å². The quantitative estimate of drug-likeness (QED) is 0.876. The lowest BCUT2D eigenvalue weighted by Gasteiger charge is -2.17. The van der Waals surface area contributed by atoms with E-state index in [9.17, 15) is 0 Å². The van der Waals surface area contributed by atoms with Gasteiger partial charge in [0.15, 0.2) is 0 Å². The van der Waals surface area contributed by atoms with E-state index in [2.05, 4.69) is 34.3 Å². The van der Waals surface area contributed by atoms with Gasteiger partial charge in [-0.3, -0.25) is 0 Å². The molecule has 4 heteroatoms. The van der Waals surface area contributed by atoms with Crippen molar-refractivity contribution in [2.45, 2.75) is 19.4 Å². The highest BCUT2D eigenvalue weighted by Crippen LogP contribution is 2.29. The average molecular weight is 263 g/mol. The maximum absolute atomic E-state index is 6.07. The fourth-order valence-corrected chi connectivity index (χ4v) is 2.81. The van der Waals surface area contributed by atoms with Gasteiger partial charge in [0.1, 0.15) is 0 Å². The van der Waals surface area contributed by atoms with Crippen molar-refractivity contribution in [3.8, 4) is 0 Å². The molecule has 0 bridgehead atoms. The topological polar surface area (TPSA) is 52.0 Å². The van der Waals surface area contributed by atoms with Crippen LogP contribution in [0.5, 0.6) is 0 Å². The molecule has 2 nitrogen and oxygen atoms in total. The Kier molecular flexibility index (Phi) is 4.38. The maximum Gasteiger partial charge on any atom is 0.0416 e. The molecule has 0 radical (unpaired) electrons. The monoisotopic (exact) mass is 262 g/mol. The number of halogens is 1. The average Bonchev–Trinajstić information content (AvgIpc) is 2.51. The van der Waals surface area contributed by atoms with Gasteiger partial charge >= 0.3 is 0 Å². The van der Waals surface area contributed by atoms with E-state index in [-0.39, 0.29) is 6.04 Å². The summed E-state index contributed by atoms with van der Waals surface area (Å²) < 4.78 is 1.11. The number of hydrogen-bond donors (Lipinski definition) is 2. The van der Waals surface area contributed by atoms with Gasteiger partial charge in [0.25, 0.3) is 0 Å². The second-order valence-corrected chi connectivity index (χ2v) is 5.11. The molecule has 0 saturated carbocycles. The standard InChI is InChI=1S/C9H15BrN2S/c1-6(2-3-11)9(12)8-4-7(10)5-13-8/h4-6,9H,2-3,11-12H2,1H3. The first kappa shape index (κ1) is 11.2. The Bertz CT molecular complexity index is 262. The third-order valence-electron chi connectivity index (χ3n) is 2.15. The number of rotatable bonds is 4. The predicted octanol–water partition coefficient (Wildman–Crippen LogP) is 2.50. The molecule has 0 aliphatic heterocycles. The fourth-order valence-electron chi connectivity index (χ4n) is 1.23. The number of thiophene rings is 1. The lowest BCUT2D eigenvalue weighted by atomic mass is 9.98. The summed E-state index contributed by atoms with van der Waals surface area (Å²) in [5, 5.41) is 2.06. The Morgan fingerprint density at radius 1 is 1.62 bits per heavy atom. The largest absolute Gasteiger partial charge is 0.330 e. The highest BCUT2D eigenvalue weighted by molar-refractivity contribution is 9.10. The van der Waals surface area contributed by atoms with Crippen LogP contribution >= 0.6 is 27.3 Å². The molecule has 1 aromatic heterocycles. The van der Waals surface area contributed by atoms with Crippen LogP contribution < -0.4 is 11.5 Å². The van der Waals surface area contributed by atoms with Gasteiger partial charge < -0.3 is 11.5 Å². The summed E-state index contributed by atoms with van der Waals surface area (Å²) in [6.45, 7) is 2.85. The molecule has 0 saturated heterocycles. The van der Waals surface area contributed by atoms with Crippen molar-refractivity contribution in [2.75, 3.05) is 6.54 Å². The second kappa shape index (κ2) is 5.10. The van der Waals surface area contributed by atoms with Crippen LogP contribution in [0, 0.1) is 5.92 Å².